The Morgan fingerprint density at radius 1 is 0.842 bits per heavy atom. The van der Waals surface area contributed by atoms with E-state index in [4.69, 9.17) is 4.74 Å². The second-order valence-corrected chi connectivity index (χ2v) is 4.76. The molecule has 0 aliphatic rings. The molecule has 0 N–H and O–H groups in total. The van der Waals surface area contributed by atoms with Crippen LogP contribution in [0.3, 0.4) is 0 Å². The van der Waals surface area contributed by atoms with E-state index in [1.165, 1.54) is 11.1 Å². The Morgan fingerprint density at radius 2 is 1.42 bits per heavy atom. The average molecular weight is 255 g/mol. The summed E-state index contributed by atoms with van der Waals surface area (Å²) >= 11 is 0. The van der Waals surface area contributed by atoms with Crippen molar-refractivity contribution in [3.63, 3.8) is 0 Å². The van der Waals surface area contributed by atoms with E-state index in [-0.39, 0.29) is 0 Å². The van der Waals surface area contributed by atoms with E-state index >= 15 is 0 Å². The van der Waals surface area contributed by atoms with Crippen molar-refractivity contribution in [1.82, 2.24) is 4.90 Å². The van der Waals surface area contributed by atoms with Gasteiger partial charge in [0.05, 0.1) is 13.2 Å². The molecule has 2 aromatic rings. The average Bonchev–Trinajstić information content (AvgIpc) is 2.46. The quantitative estimate of drug-likeness (QED) is 0.704. The predicted molar refractivity (Wildman–Crippen MR) is 78.9 cm³/mol. The van der Waals surface area contributed by atoms with Gasteiger partial charge in [0, 0.05) is 13.1 Å². The Labute approximate surface area is 115 Å². The molecule has 2 nitrogen and oxygen atoms in total. The van der Waals surface area contributed by atoms with E-state index in [1.54, 1.807) is 0 Å². The van der Waals surface area contributed by atoms with Crippen molar-refractivity contribution in [3.8, 4) is 0 Å². The fourth-order valence-electron chi connectivity index (χ4n) is 1.96. The minimum atomic E-state index is 0.694. The van der Waals surface area contributed by atoms with Gasteiger partial charge in [0.15, 0.2) is 0 Å². The molecule has 19 heavy (non-hydrogen) atoms. The molecule has 0 spiro atoms. The highest BCUT2D eigenvalue weighted by atomic mass is 16.5. The van der Waals surface area contributed by atoms with E-state index in [9.17, 15) is 0 Å². The molecule has 0 amide bonds. The highest BCUT2D eigenvalue weighted by Crippen LogP contribution is 2.03. The lowest BCUT2D eigenvalue weighted by Crippen LogP contribution is -2.22. The number of rotatable bonds is 7. The van der Waals surface area contributed by atoms with Gasteiger partial charge in [0.2, 0.25) is 0 Å². The van der Waals surface area contributed by atoms with Crippen LogP contribution in [0.25, 0.3) is 0 Å². The molecule has 2 aromatic carbocycles. The fraction of sp³-hybridized carbons (Fsp3) is 0.294. The number of nitrogens with zero attached hydrogens (tertiary/aromatic N) is 1. The maximum Gasteiger partial charge on any atom is 0.0717 e. The Hall–Kier alpha value is -1.64. The van der Waals surface area contributed by atoms with Crippen LogP contribution in [-0.4, -0.2) is 25.1 Å². The van der Waals surface area contributed by atoms with Crippen LogP contribution >= 0.6 is 0 Å². The molecule has 0 bridgehead atoms. The van der Waals surface area contributed by atoms with Gasteiger partial charge in [-0.1, -0.05) is 60.7 Å². The van der Waals surface area contributed by atoms with Crippen LogP contribution in [0.15, 0.2) is 60.7 Å². The van der Waals surface area contributed by atoms with E-state index in [0.717, 1.165) is 19.7 Å². The molecule has 0 unspecified atom stereocenters. The third-order valence-electron chi connectivity index (χ3n) is 3.02. The van der Waals surface area contributed by atoms with Gasteiger partial charge in [-0.05, 0) is 18.2 Å². The van der Waals surface area contributed by atoms with Crippen LogP contribution in [0.2, 0.25) is 0 Å². The minimum Gasteiger partial charge on any atom is -0.375 e. The van der Waals surface area contributed by atoms with Gasteiger partial charge in [-0.3, -0.25) is 4.90 Å². The van der Waals surface area contributed by atoms with Gasteiger partial charge < -0.3 is 4.74 Å². The van der Waals surface area contributed by atoms with Crippen molar-refractivity contribution in [1.29, 1.82) is 0 Å². The minimum absolute atomic E-state index is 0.694. The normalized spacial score (nSPS) is 10.8. The van der Waals surface area contributed by atoms with Crippen molar-refractivity contribution in [3.05, 3.63) is 71.8 Å². The van der Waals surface area contributed by atoms with Crippen LogP contribution in [-0.2, 0) is 17.9 Å². The van der Waals surface area contributed by atoms with Crippen molar-refractivity contribution in [2.75, 3.05) is 20.2 Å². The highest BCUT2D eigenvalue weighted by Gasteiger charge is 2.00. The summed E-state index contributed by atoms with van der Waals surface area (Å²) < 4.78 is 5.69. The van der Waals surface area contributed by atoms with Crippen molar-refractivity contribution >= 4 is 0 Å². The number of ether oxygens (including phenoxy) is 1. The van der Waals surface area contributed by atoms with Gasteiger partial charge in [-0.25, -0.2) is 0 Å². The zero-order valence-corrected chi connectivity index (χ0v) is 11.5. The smallest absolute Gasteiger partial charge is 0.0717 e. The van der Waals surface area contributed by atoms with Crippen LogP contribution < -0.4 is 0 Å². The van der Waals surface area contributed by atoms with Gasteiger partial charge >= 0.3 is 0 Å². The van der Waals surface area contributed by atoms with Gasteiger partial charge in [-0.2, -0.15) is 0 Å². The molecule has 0 saturated carbocycles. The third kappa shape index (κ3) is 5.25. The number of likely N-dealkylation sites (N-methyl/N-ethyl adjacent to an activating group) is 1. The molecular formula is C17H21NO. The second-order valence-electron chi connectivity index (χ2n) is 4.76. The molecule has 0 radical (unpaired) electrons. The summed E-state index contributed by atoms with van der Waals surface area (Å²) in [6.07, 6.45) is 0. The van der Waals surface area contributed by atoms with E-state index < -0.39 is 0 Å². The molecule has 0 aliphatic heterocycles. The lowest BCUT2D eigenvalue weighted by Gasteiger charge is -2.16. The first kappa shape index (κ1) is 13.8. The molecule has 0 aliphatic carbocycles. The van der Waals surface area contributed by atoms with E-state index in [2.05, 4.69) is 48.3 Å². The first-order valence-corrected chi connectivity index (χ1v) is 6.69. The van der Waals surface area contributed by atoms with Crippen LogP contribution in [0.5, 0.6) is 0 Å². The lowest BCUT2D eigenvalue weighted by atomic mass is 10.2. The van der Waals surface area contributed by atoms with Crippen molar-refractivity contribution in [2.24, 2.45) is 0 Å². The largest absolute Gasteiger partial charge is 0.375 e. The zero-order chi connectivity index (χ0) is 13.3. The summed E-state index contributed by atoms with van der Waals surface area (Å²) in [5, 5.41) is 0. The van der Waals surface area contributed by atoms with Crippen LogP contribution in [0.4, 0.5) is 0 Å². The monoisotopic (exact) mass is 255 g/mol. The third-order valence-corrected chi connectivity index (χ3v) is 3.02. The standard InChI is InChI=1S/C17H21NO/c1-18(14-16-8-4-2-5-9-16)12-13-19-15-17-10-6-3-7-11-17/h2-11H,12-15H2,1H3. The molecule has 0 saturated heterocycles. The maximum absolute atomic E-state index is 5.69. The Balaban J connectivity index is 1.63. The molecule has 0 fully saturated rings. The SMILES string of the molecule is CN(CCOCc1ccccc1)Cc1ccccc1. The summed E-state index contributed by atoms with van der Waals surface area (Å²) in [4.78, 5) is 2.28. The van der Waals surface area contributed by atoms with E-state index in [1.807, 2.05) is 24.3 Å². The van der Waals surface area contributed by atoms with Crippen molar-refractivity contribution in [2.45, 2.75) is 13.2 Å². The van der Waals surface area contributed by atoms with E-state index in [0.29, 0.717) is 6.61 Å². The number of hydrogen-bond donors (Lipinski definition) is 0. The lowest BCUT2D eigenvalue weighted by molar-refractivity contribution is 0.0980. The molecule has 0 heterocycles. The predicted octanol–water partition coefficient (Wildman–Crippen LogP) is 3.34. The first-order chi connectivity index (χ1) is 9.34. The van der Waals surface area contributed by atoms with Gasteiger partial charge in [-0.15, -0.1) is 0 Å². The second kappa shape index (κ2) is 7.72. The molecule has 2 heteroatoms. The molecule has 0 atom stereocenters. The first-order valence-electron chi connectivity index (χ1n) is 6.69. The van der Waals surface area contributed by atoms with Crippen molar-refractivity contribution < 1.29 is 4.74 Å². The number of hydrogen-bond acceptors (Lipinski definition) is 2. The summed E-state index contributed by atoms with van der Waals surface area (Å²) in [6.45, 7) is 3.37. The molecule has 100 valence electrons. The zero-order valence-electron chi connectivity index (χ0n) is 11.5. The fourth-order valence-corrected chi connectivity index (χ4v) is 1.96. The molecule has 0 aromatic heterocycles. The van der Waals surface area contributed by atoms with Crippen LogP contribution in [0.1, 0.15) is 11.1 Å². The Morgan fingerprint density at radius 3 is 2.05 bits per heavy atom. The number of benzene rings is 2. The summed E-state index contributed by atoms with van der Waals surface area (Å²) in [7, 11) is 2.12. The molecular weight excluding hydrogens is 234 g/mol. The summed E-state index contributed by atoms with van der Waals surface area (Å²) in [5.74, 6) is 0. The topological polar surface area (TPSA) is 12.5 Å². The highest BCUT2D eigenvalue weighted by molar-refractivity contribution is 5.14. The Kier molecular flexibility index (Phi) is 5.60. The summed E-state index contributed by atoms with van der Waals surface area (Å²) in [6, 6.07) is 20.8. The van der Waals surface area contributed by atoms with Gasteiger partial charge in [0.1, 0.15) is 0 Å². The maximum atomic E-state index is 5.69. The molecule has 2 rings (SSSR count). The Bertz CT molecular complexity index is 455. The summed E-state index contributed by atoms with van der Waals surface area (Å²) in [5.41, 5.74) is 2.57. The van der Waals surface area contributed by atoms with Crippen LogP contribution in [0, 0.1) is 0 Å². The van der Waals surface area contributed by atoms with Gasteiger partial charge in [0.25, 0.3) is 0 Å².